The molecule has 0 aromatic heterocycles. The highest BCUT2D eigenvalue weighted by molar-refractivity contribution is 8.00. The van der Waals surface area contributed by atoms with Gasteiger partial charge in [-0.05, 0) is 35.9 Å². The van der Waals surface area contributed by atoms with Gasteiger partial charge in [-0.25, -0.2) is 0 Å². The fourth-order valence-corrected chi connectivity index (χ4v) is 4.23. The van der Waals surface area contributed by atoms with E-state index in [4.69, 9.17) is 0 Å². The molecule has 6 heteroatoms. The van der Waals surface area contributed by atoms with Crippen molar-refractivity contribution in [2.45, 2.75) is 10.1 Å². The Kier molecular flexibility index (Phi) is 5.18. The zero-order chi connectivity index (χ0) is 20.4. The number of amides is 3. The van der Waals surface area contributed by atoms with Crippen LogP contribution in [0.4, 0.5) is 5.69 Å². The molecule has 4 rings (SSSR count). The van der Waals surface area contributed by atoms with Gasteiger partial charge < -0.3 is 5.32 Å². The predicted molar refractivity (Wildman–Crippen MR) is 113 cm³/mol. The first kappa shape index (κ1) is 19.0. The lowest BCUT2D eigenvalue weighted by Crippen LogP contribution is -2.24. The smallest absolute Gasteiger partial charge is 0.261 e. The first-order valence-corrected chi connectivity index (χ1v) is 9.96. The number of rotatable bonds is 5. The Hall–Kier alpha value is -3.38. The van der Waals surface area contributed by atoms with Crippen LogP contribution in [0.15, 0.2) is 83.8 Å². The second-order valence-electron chi connectivity index (χ2n) is 6.64. The van der Waals surface area contributed by atoms with Crippen LogP contribution in [0.1, 0.15) is 31.5 Å². The van der Waals surface area contributed by atoms with Gasteiger partial charge in [0.05, 0.1) is 11.1 Å². The van der Waals surface area contributed by atoms with Gasteiger partial charge in [0.25, 0.3) is 11.8 Å². The van der Waals surface area contributed by atoms with Crippen LogP contribution in [0, 0.1) is 0 Å². The van der Waals surface area contributed by atoms with Crippen LogP contribution in [0.2, 0.25) is 0 Å². The molecule has 1 aliphatic rings. The number of carbonyl (C=O) groups excluding carboxylic acids is 3. The minimum absolute atomic E-state index is 0.199. The summed E-state index contributed by atoms with van der Waals surface area (Å²) in [7, 11) is 1.45. The second kappa shape index (κ2) is 7.93. The van der Waals surface area contributed by atoms with Gasteiger partial charge in [0.15, 0.2) is 0 Å². The van der Waals surface area contributed by atoms with Gasteiger partial charge in [-0.2, -0.15) is 0 Å². The molecule has 3 aromatic rings. The summed E-state index contributed by atoms with van der Waals surface area (Å²) in [6, 6.07) is 24.1. The molecule has 0 aliphatic carbocycles. The molecular weight excluding hydrogens is 384 g/mol. The number of benzene rings is 3. The summed E-state index contributed by atoms with van der Waals surface area (Å²) in [5.41, 5.74) is 2.03. The fraction of sp³-hybridized carbons (Fsp3) is 0.0870. The molecule has 0 saturated heterocycles. The third-order valence-electron chi connectivity index (χ3n) is 4.69. The summed E-state index contributed by atoms with van der Waals surface area (Å²) in [5, 5.41) is 2.43. The molecule has 144 valence electrons. The van der Waals surface area contributed by atoms with Gasteiger partial charge in [-0.1, -0.05) is 48.5 Å². The minimum atomic E-state index is -0.466. The Morgan fingerprint density at radius 1 is 0.862 bits per heavy atom. The number of nitrogens with zero attached hydrogens (tertiary/aromatic N) is 1. The van der Waals surface area contributed by atoms with E-state index in [-0.39, 0.29) is 17.7 Å². The zero-order valence-electron chi connectivity index (χ0n) is 15.7. The molecule has 1 atom stereocenters. The fourth-order valence-electron chi connectivity index (χ4n) is 3.18. The Morgan fingerprint density at radius 3 is 2.17 bits per heavy atom. The summed E-state index contributed by atoms with van der Waals surface area (Å²) in [6.45, 7) is 0. The van der Waals surface area contributed by atoms with Crippen molar-refractivity contribution in [3.05, 3.63) is 95.6 Å². The Balaban J connectivity index is 1.61. The molecule has 0 spiro atoms. The molecule has 5 nitrogen and oxygen atoms in total. The summed E-state index contributed by atoms with van der Waals surface area (Å²) < 4.78 is 0. The molecule has 29 heavy (non-hydrogen) atoms. The van der Waals surface area contributed by atoms with E-state index in [1.807, 2.05) is 60.7 Å². The molecule has 3 aromatic carbocycles. The van der Waals surface area contributed by atoms with Crippen molar-refractivity contribution in [3.63, 3.8) is 0 Å². The lowest BCUT2D eigenvalue weighted by Gasteiger charge is -2.17. The zero-order valence-corrected chi connectivity index (χ0v) is 16.5. The van der Waals surface area contributed by atoms with E-state index < -0.39 is 5.25 Å². The summed E-state index contributed by atoms with van der Waals surface area (Å²) in [5.74, 6) is -0.890. The van der Waals surface area contributed by atoms with Crippen molar-refractivity contribution in [3.8, 4) is 0 Å². The third kappa shape index (κ3) is 3.79. The molecule has 1 heterocycles. The normalized spacial score (nSPS) is 13.9. The molecular formula is C23H18N2O3S. The minimum Gasteiger partial charge on any atom is -0.325 e. The van der Waals surface area contributed by atoms with Crippen LogP contribution < -0.4 is 5.32 Å². The average molecular weight is 402 g/mol. The van der Waals surface area contributed by atoms with Crippen molar-refractivity contribution in [2.75, 3.05) is 12.4 Å². The van der Waals surface area contributed by atoms with Gasteiger partial charge in [0.1, 0.15) is 5.25 Å². The van der Waals surface area contributed by atoms with E-state index in [1.165, 1.54) is 18.8 Å². The molecule has 0 bridgehead atoms. The lowest BCUT2D eigenvalue weighted by atomic mass is 10.1. The molecule has 1 N–H and O–H groups in total. The number of fused-ring (bicyclic) bond motifs is 1. The maximum atomic E-state index is 13.1. The topological polar surface area (TPSA) is 66.5 Å². The number of nitrogens with one attached hydrogen (secondary N) is 1. The van der Waals surface area contributed by atoms with E-state index in [1.54, 1.807) is 18.2 Å². The van der Waals surface area contributed by atoms with Gasteiger partial charge in [-0.3, -0.25) is 19.3 Å². The van der Waals surface area contributed by atoms with Gasteiger partial charge in [-0.15, -0.1) is 11.8 Å². The Bertz CT molecular complexity index is 1080. The first-order chi connectivity index (χ1) is 14.0. The number of thioether (sulfide) groups is 1. The monoisotopic (exact) mass is 402 g/mol. The van der Waals surface area contributed by atoms with Crippen LogP contribution in [0.5, 0.6) is 0 Å². The molecule has 1 unspecified atom stereocenters. The number of anilines is 1. The Labute approximate surface area is 172 Å². The first-order valence-electron chi connectivity index (χ1n) is 9.08. The van der Waals surface area contributed by atoms with Crippen molar-refractivity contribution < 1.29 is 14.4 Å². The molecule has 3 amide bonds. The maximum absolute atomic E-state index is 13.1. The van der Waals surface area contributed by atoms with Crippen LogP contribution in [-0.4, -0.2) is 29.7 Å². The van der Waals surface area contributed by atoms with Crippen LogP contribution in [0.3, 0.4) is 0 Å². The largest absolute Gasteiger partial charge is 0.325 e. The molecule has 0 fully saturated rings. The van der Waals surface area contributed by atoms with Gasteiger partial charge >= 0.3 is 0 Å². The highest BCUT2D eigenvalue weighted by Crippen LogP contribution is 2.36. The molecule has 1 aliphatic heterocycles. The number of hydrogen-bond donors (Lipinski definition) is 1. The van der Waals surface area contributed by atoms with Crippen molar-refractivity contribution in [1.82, 2.24) is 4.90 Å². The van der Waals surface area contributed by atoms with Crippen LogP contribution in [0.25, 0.3) is 0 Å². The predicted octanol–water partition coefficient (Wildman–Crippen LogP) is 4.38. The van der Waals surface area contributed by atoms with Crippen LogP contribution in [-0.2, 0) is 4.79 Å². The third-order valence-corrected chi connectivity index (χ3v) is 5.96. The molecule has 0 saturated carbocycles. The van der Waals surface area contributed by atoms with E-state index in [0.717, 1.165) is 15.4 Å². The van der Waals surface area contributed by atoms with Crippen molar-refractivity contribution >= 4 is 35.2 Å². The van der Waals surface area contributed by atoms with Gasteiger partial charge in [0, 0.05) is 17.6 Å². The van der Waals surface area contributed by atoms with Crippen molar-refractivity contribution in [1.29, 1.82) is 0 Å². The average Bonchev–Trinajstić information content (AvgIpc) is 2.97. The summed E-state index contributed by atoms with van der Waals surface area (Å²) >= 11 is 1.45. The van der Waals surface area contributed by atoms with E-state index in [9.17, 15) is 14.4 Å². The summed E-state index contributed by atoms with van der Waals surface area (Å²) in [6.07, 6.45) is 0. The van der Waals surface area contributed by atoms with Crippen LogP contribution >= 0.6 is 11.8 Å². The number of imide groups is 1. The summed E-state index contributed by atoms with van der Waals surface area (Å²) in [4.78, 5) is 39.5. The Morgan fingerprint density at radius 2 is 1.48 bits per heavy atom. The van der Waals surface area contributed by atoms with Gasteiger partial charge in [0.2, 0.25) is 5.91 Å². The van der Waals surface area contributed by atoms with E-state index >= 15 is 0 Å². The standard InChI is InChI=1S/C23H18N2O3S/c1-25-22(27)18-13-12-16(14-19(18)23(25)28)24-21(26)20(15-8-4-2-5-9-15)29-17-10-6-3-7-11-17/h2-14,20H,1H3,(H,24,26). The maximum Gasteiger partial charge on any atom is 0.261 e. The number of carbonyl (C=O) groups is 3. The lowest BCUT2D eigenvalue weighted by molar-refractivity contribution is -0.115. The second-order valence-corrected chi connectivity index (χ2v) is 7.82. The van der Waals surface area contributed by atoms with E-state index in [0.29, 0.717) is 16.8 Å². The quantitative estimate of drug-likeness (QED) is 0.508. The molecule has 0 radical (unpaired) electrons. The highest BCUT2D eigenvalue weighted by Gasteiger charge is 2.33. The SMILES string of the molecule is CN1C(=O)c2ccc(NC(=O)C(Sc3ccccc3)c3ccccc3)cc2C1=O. The van der Waals surface area contributed by atoms with E-state index in [2.05, 4.69) is 5.32 Å². The highest BCUT2D eigenvalue weighted by atomic mass is 32.2. The van der Waals surface area contributed by atoms with Crippen molar-refractivity contribution in [2.24, 2.45) is 0 Å². The number of hydrogen-bond acceptors (Lipinski definition) is 4.